The van der Waals surface area contributed by atoms with Gasteiger partial charge in [0.05, 0.1) is 5.33 Å². The molecule has 0 atom stereocenters. The Bertz CT molecular complexity index is 546. The fourth-order valence-electron chi connectivity index (χ4n) is 2.36. The summed E-state index contributed by atoms with van der Waals surface area (Å²) in [6.45, 7) is 6.51. The van der Waals surface area contributed by atoms with Crippen molar-refractivity contribution in [3.63, 3.8) is 0 Å². The number of benzene rings is 1. The number of halogens is 1. The largest absolute Gasteiger partial charge is 0.312 e. The van der Waals surface area contributed by atoms with Crippen LogP contribution in [0, 0.1) is 6.92 Å². The number of nitrogens with zero attached hydrogens (tertiary/aromatic N) is 3. The van der Waals surface area contributed by atoms with Gasteiger partial charge in [-0.15, -0.1) is 10.2 Å². The SMILES string of the molecule is Cc1ccccc1CCc1nnc(CBr)n1C(C)C. The molecular formula is C15H20BrN3. The van der Waals surface area contributed by atoms with Crippen molar-refractivity contribution < 1.29 is 0 Å². The lowest BCUT2D eigenvalue weighted by atomic mass is 10.0. The van der Waals surface area contributed by atoms with Gasteiger partial charge >= 0.3 is 0 Å². The zero-order valence-corrected chi connectivity index (χ0v) is 13.3. The Hall–Kier alpha value is -1.16. The van der Waals surface area contributed by atoms with Gasteiger partial charge in [0.2, 0.25) is 0 Å². The minimum atomic E-state index is 0.398. The Balaban J connectivity index is 2.16. The number of aromatic nitrogens is 3. The average molecular weight is 322 g/mol. The summed E-state index contributed by atoms with van der Waals surface area (Å²) in [5.41, 5.74) is 2.74. The van der Waals surface area contributed by atoms with Gasteiger partial charge in [0.1, 0.15) is 11.6 Å². The van der Waals surface area contributed by atoms with E-state index in [2.05, 4.69) is 75.7 Å². The molecule has 2 aromatic rings. The van der Waals surface area contributed by atoms with Crippen LogP contribution in [-0.4, -0.2) is 14.8 Å². The normalized spacial score (nSPS) is 11.2. The van der Waals surface area contributed by atoms with E-state index in [0.29, 0.717) is 6.04 Å². The maximum absolute atomic E-state index is 4.34. The highest BCUT2D eigenvalue weighted by atomic mass is 79.9. The minimum Gasteiger partial charge on any atom is -0.312 e. The fourth-order valence-corrected chi connectivity index (χ4v) is 2.74. The van der Waals surface area contributed by atoms with Crippen molar-refractivity contribution in [3.05, 3.63) is 47.0 Å². The second-order valence-electron chi connectivity index (χ2n) is 5.06. The Labute approximate surface area is 123 Å². The van der Waals surface area contributed by atoms with Crippen LogP contribution in [0.2, 0.25) is 0 Å². The molecule has 0 spiro atoms. The summed E-state index contributed by atoms with van der Waals surface area (Å²) < 4.78 is 2.23. The highest BCUT2D eigenvalue weighted by Gasteiger charge is 2.13. The number of hydrogen-bond acceptors (Lipinski definition) is 2. The zero-order chi connectivity index (χ0) is 13.8. The van der Waals surface area contributed by atoms with Gasteiger partial charge in [0.25, 0.3) is 0 Å². The van der Waals surface area contributed by atoms with E-state index in [1.54, 1.807) is 0 Å². The number of rotatable bonds is 5. The first-order valence-electron chi connectivity index (χ1n) is 6.66. The van der Waals surface area contributed by atoms with Crippen LogP contribution >= 0.6 is 15.9 Å². The summed E-state index contributed by atoms with van der Waals surface area (Å²) in [6.07, 6.45) is 1.95. The van der Waals surface area contributed by atoms with E-state index in [1.165, 1.54) is 11.1 Å². The summed E-state index contributed by atoms with van der Waals surface area (Å²) in [4.78, 5) is 0. The lowest BCUT2D eigenvalue weighted by Crippen LogP contribution is -2.10. The predicted octanol–water partition coefficient (Wildman–Crippen LogP) is 3.85. The first-order valence-corrected chi connectivity index (χ1v) is 7.78. The number of alkyl halides is 1. The average Bonchev–Trinajstić information content (AvgIpc) is 2.81. The molecule has 0 aliphatic carbocycles. The summed E-state index contributed by atoms with van der Waals surface area (Å²) in [5, 5.41) is 9.35. The quantitative estimate of drug-likeness (QED) is 0.783. The smallest absolute Gasteiger partial charge is 0.143 e. The van der Waals surface area contributed by atoms with Gasteiger partial charge in [0, 0.05) is 12.5 Å². The molecule has 1 aromatic heterocycles. The molecule has 0 bridgehead atoms. The third-order valence-electron chi connectivity index (χ3n) is 3.35. The Morgan fingerprint density at radius 1 is 1.11 bits per heavy atom. The van der Waals surface area contributed by atoms with Crippen molar-refractivity contribution in [2.24, 2.45) is 0 Å². The molecule has 0 radical (unpaired) electrons. The summed E-state index contributed by atoms with van der Waals surface area (Å²) in [5.74, 6) is 2.09. The van der Waals surface area contributed by atoms with Gasteiger partial charge in [-0.1, -0.05) is 40.2 Å². The minimum absolute atomic E-state index is 0.398. The van der Waals surface area contributed by atoms with Crippen LogP contribution in [0.1, 0.15) is 42.7 Å². The second-order valence-corrected chi connectivity index (χ2v) is 5.62. The predicted molar refractivity (Wildman–Crippen MR) is 81.6 cm³/mol. The number of hydrogen-bond donors (Lipinski definition) is 0. The molecule has 2 rings (SSSR count). The maximum Gasteiger partial charge on any atom is 0.143 e. The lowest BCUT2D eigenvalue weighted by molar-refractivity contribution is 0.551. The van der Waals surface area contributed by atoms with Crippen molar-refractivity contribution in [2.45, 2.75) is 45.0 Å². The van der Waals surface area contributed by atoms with Crippen molar-refractivity contribution in [3.8, 4) is 0 Å². The molecule has 0 aliphatic rings. The van der Waals surface area contributed by atoms with Crippen molar-refractivity contribution in [1.29, 1.82) is 0 Å². The van der Waals surface area contributed by atoms with E-state index < -0.39 is 0 Å². The van der Waals surface area contributed by atoms with Crippen LogP contribution in [0.4, 0.5) is 0 Å². The highest BCUT2D eigenvalue weighted by Crippen LogP contribution is 2.16. The van der Waals surface area contributed by atoms with Crippen LogP contribution in [0.3, 0.4) is 0 Å². The zero-order valence-electron chi connectivity index (χ0n) is 11.7. The molecule has 19 heavy (non-hydrogen) atoms. The molecule has 0 aliphatic heterocycles. The molecule has 1 aromatic carbocycles. The second kappa shape index (κ2) is 6.33. The summed E-state index contributed by atoms with van der Waals surface area (Å²) >= 11 is 3.47. The van der Waals surface area contributed by atoms with Crippen molar-refractivity contribution in [1.82, 2.24) is 14.8 Å². The van der Waals surface area contributed by atoms with Crippen LogP contribution in [0.15, 0.2) is 24.3 Å². The Morgan fingerprint density at radius 3 is 2.42 bits per heavy atom. The summed E-state index contributed by atoms with van der Waals surface area (Å²) in [6, 6.07) is 8.93. The van der Waals surface area contributed by atoms with Gasteiger partial charge in [-0.2, -0.15) is 0 Å². The van der Waals surface area contributed by atoms with Crippen molar-refractivity contribution in [2.75, 3.05) is 0 Å². The van der Waals surface area contributed by atoms with Crippen LogP contribution in [0.25, 0.3) is 0 Å². The van der Waals surface area contributed by atoms with Crippen LogP contribution in [-0.2, 0) is 18.2 Å². The molecule has 0 amide bonds. The van der Waals surface area contributed by atoms with E-state index in [1.807, 2.05) is 0 Å². The first kappa shape index (κ1) is 14.3. The fraction of sp³-hybridized carbons (Fsp3) is 0.467. The van der Waals surface area contributed by atoms with Crippen LogP contribution < -0.4 is 0 Å². The molecule has 0 N–H and O–H groups in total. The van der Waals surface area contributed by atoms with E-state index in [0.717, 1.165) is 29.8 Å². The van der Waals surface area contributed by atoms with Gasteiger partial charge < -0.3 is 4.57 Å². The third-order valence-corrected chi connectivity index (χ3v) is 3.85. The van der Waals surface area contributed by atoms with Crippen LogP contribution in [0.5, 0.6) is 0 Å². The Morgan fingerprint density at radius 2 is 1.79 bits per heavy atom. The van der Waals surface area contributed by atoms with Crippen molar-refractivity contribution >= 4 is 15.9 Å². The third kappa shape index (κ3) is 3.24. The Kier molecular flexibility index (Phi) is 4.75. The van der Waals surface area contributed by atoms with Gasteiger partial charge in [-0.25, -0.2) is 0 Å². The topological polar surface area (TPSA) is 30.7 Å². The van der Waals surface area contributed by atoms with E-state index in [9.17, 15) is 0 Å². The molecular weight excluding hydrogens is 302 g/mol. The maximum atomic E-state index is 4.34. The molecule has 3 nitrogen and oxygen atoms in total. The summed E-state index contributed by atoms with van der Waals surface area (Å²) in [7, 11) is 0. The molecule has 0 saturated heterocycles. The van der Waals surface area contributed by atoms with E-state index >= 15 is 0 Å². The van der Waals surface area contributed by atoms with Gasteiger partial charge in [-0.05, 0) is 38.3 Å². The molecule has 102 valence electrons. The molecule has 0 saturated carbocycles. The number of aryl methyl sites for hydroxylation is 3. The molecule has 1 heterocycles. The molecule has 4 heteroatoms. The lowest BCUT2D eigenvalue weighted by Gasteiger charge is -2.13. The standard InChI is InChI=1S/C15H20BrN3/c1-11(2)19-14(17-18-15(19)10-16)9-8-13-7-5-4-6-12(13)3/h4-7,11H,8-10H2,1-3H3. The molecule has 0 unspecified atom stereocenters. The van der Waals surface area contributed by atoms with E-state index in [-0.39, 0.29) is 0 Å². The van der Waals surface area contributed by atoms with E-state index in [4.69, 9.17) is 0 Å². The van der Waals surface area contributed by atoms with Gasteiger partial charge in [-0.3, -0.25) is 0 Å². The first-order chi connectivity index (χ1) is 9.13. The van der Waals surface area contributed by atoms with Gasteiger partial charge in [0.15, 0.2) is 0 Å². The highest BCUT2D eigenvalue weighted by molar-refractivity contribution is 9.08. The molecule has 0 fully saturated rings. The monoisotopic (exact) mass is 321 g/mol.